The Morgan fingerprint density at radius 2 is 1.82 bits per heavy atom. The van der Waals surface area contributed by atoms with E-state index in [0.29, 0.717) is 13.2 Å². The second kappa shape index (κ2) is 5.46. The van der Waals surface area contributed by atoms with Crippen LogP contribution in [0.15, 0.2) is 42.5 Å². The number of aromatic nitrogens is 1. The van der Waals surface area contributed by atoms with Gasteiger partial charge >= 0.3 is 0 Å². The number of anilines is 1. The number of hydrogen-bond donors (Lipinski definition) is 1. The van der Waals surface area contributed by atoms with Crippen LogP contribution in [0.2, 0.25) is 0 Å². The quantitative estimate of drug-likeness (QED) is 0.818. The molecule has 0 aliphatic rings. The first-order valence-corrected chi connectivity index (χ1v) is 5.59. The molecule has 2 N–H and O–H groups in total. The van der Waals surface area contributed by atoms with Gasteiger partial charge in [0.25, 0.3) is 0 Å². The topological polar surface area (TPSA) is 48.1 Å². The molecule has 3 nitrogen and oxygen atoms in total. The summed E-state index contributed by atoms with van der Waals surface area (Å²) in [6.07, 6.45) is 0. The van der Waals surface area contributed by atoms with Gasteiger partial charge in [0.15, 0.2) is 0 Å². The fraction of sp³-hybridized carbons (Fsp3) is 0.214. The molecule has 0 unspecified atom stereocenters. The Hall–Kier alpha value is -1.87. The Morgan fingerprint density at radius 1 is 1.06 bits per heavy atom. The minimum atomic E-state index is 0.534. The zero-order valence-corrected chi connectivity index (χ0v) is 9.89. The highest BCUT2D eigenvalue weighted by atomic mass is 16.5. The fourth-order valence-corrected chi connectivity index (χ4v) is 1.57. The average Bonchev–Trinajstić information content (AvgIpc) is 2.32. The van der Waals surface area contributed by atoms with Gasteiger partial charge in [0, 0.05) is 11.4 Å². The van der Waals surface area contributed by atoms with Crippen LogP contribution in [-0.4, -0.2) is 4.98 Å². The number of aryl methyl sites for hydroxylation is 1. The summed E-state index contributed by atoms with van der Waals surface area (Å²) in [7, 11) is 0. The first-order chi connectivity index (χ1) is 8.24. The van der Waals surface area contributed by atoms with Crippen LogP contribution >= 0.6 is 0 Å². The van der Waals surface area contributed by atoms with Gasteiger partial charge in [-0.2, -0.15) is 0 Å². The van der Waals surface area contributed by atoms with Crippen molar-refractivity contribution < 1.29 is 4.74 Å². The van der Waals surface area contributed by atoms with Crippen molar-refractivity contribution in [3.63, 3.8) is 0 Å². The average molecular weight is 228 g/mol. The SMILES string of the molecule is Cc1cccc(COCc2ccc(N)cc2)n1. The highest BCUT2D eigenvalue weighted by Gasteiger charge is 1.97. The third kappa shape index (κ3) is 3.57. The van der Waals surface area contributed by atoms with Crippen molar-refractivity contribution in [3.8, 4) is 0 Å². The normalized spacial score (nSPS) is 10.4. The molecule has 0 saturated heterocycles. The van der Waals surface area contributed by atoms with Crippen LogP contribution in [0.25, 0.3) is 0 Å². The van der Waals surface area contributed by atoms with Gasteiger partial charge in [0.05, 0.1) is 18.9 Å². The smallest absolute Gasteiger partial charge is 0.0892 e. The largest absolute Gasteiger partial charge is 0.399 e. The highest BCUT2D eigenvalue weighted by molar-refractivity contribution is 5.39. The summed E-state index contributed by atoms with van der Waals surface area (Å²) in [5, 5.41) is 0. The van der Waals surface area contributed by atoms with Crippen molar-refractivity contribution in [3.05, 3.63) is 59.4 Å². The van der Waals surface area contributed by atoms with Gasteiger partial charge in [-0.05, 0) is 36.8 Å². The molecule has 2 rings (SSSR count). The summed E-state index contributed by atoms with van der Waals surface area (Å²) in [5.74, 6) is 0. The van der Waals surface area contributed by atoms with Crippen LogP contribution in [0.5, 0.6) is 0 Å². The van der Waals surface area contributed by atoms with E-state index in [1.807, 2.05) is 49.4 Å². The van der Waals surface area contributed by atoms with E-state index in [1.165, 1.54) is 0 Å². The zero-order chi connectivity index (χ0) is 12.1. The van der Waals surface area contributed by atoms with Crippen molar-refractivity contribution >= 4 is 5.69 Å². The van der Waals surface area contributed by atoms with Gasteiger partial charge in [-0.25, -0.2) is 0 Å². The van der Waals surface area contributed by atoms with Gasteiger partial charge < -0.3 is 10.5 Å². The molecular formula is C14H16N2O. The summed E-state index contributed by atoms with van der Waals surface area (Å²) >= 11 is 0. The number of nitrogens with two attached hydrogens (primary N) is 1. The standard InChI is InChI=1S/C14H16N2O/c1-11-3-2-4-14(16-11)10-17-9-12-5-7-13(15)8-6-12/h2-8H,9-10,15H2,1H3. The van der Waals surface area contributed by atoms with E-state index < -0.39 is 0 Å². The second-order valence-corrected chi connectivity index (χ2v) is 4.00. The lowest BCUT2D eigenvalue weighted by Crippen LogP contribution is -1.97. The molecule has 17 heavy (non-hydrogen) atoms. The molecule has 2 aromatic rings. The van der Waals surface area contributed by atoms with Crippen molar-refractivity contribution in [1.82, 2.24) is 4.98 Å². The van der Waals surface area contributed by atoms with E-state index in [2.05, 4.69) is 4.98 Å². The Bertz CT molecular complexity index is 480. The molecule has 0 bridgehead atoms. The minimum Gasteiger partial charge on any atom is -0.399 e. The van der Waals surface area contributed by atoms with E-state index in [9.17, 15) is 0 Å². The molecule has 3 heteroatoms. The molecular weight excluding hydrogens is 212 g/mol. The molecule has 0 spiro atoms. The van der Waals surface area contributed by atoms with Crippen LogP contribution in [-0.2, 0) is 18.0 Å². The Labute approximate surface area is 101 Å². The summed E-state index contributed by atoms with van der Waals surface area (Å²) in [5.41, 5.74) is 9.47. The van der Waals surface area contributed by atoms with Crippen LogP contribution < -0.4 is 5.73 Å². The molecule has 0 radical (unpaired) electrons. The highest BCUT2D eigenvalue weighted by Crippen LogP contribution is 2.08. The maximum Gasteiger partial charge on any atom is 0.0892 e. The summed E-state index contributed by atoms with van der Waals surface area (Å²) in [4.78, 5) is 4.37. The Balaban J connectivity index is 1.85. The molecule has 1 aromatic heterocycles. The first-order valence-electron chi connectivity index (χ1n) is 5.59. The molecule has 88 valence electrons. The van der Waals surface area contributed by atoms with Crippen LogP contribution in [0.3, 0.4) is 0 Å². The van der Waals surface area contributed by atoms with Crippen molar-refractivity contribution in [2.45, 2.75) is 20.1 Å². The number of nitrogen functional groups attached to an aromatic ring is 1. The van der Waals surface area contributed by atoms with Crippen molar-refractivity contribution in [2.75, 3.05) is 5.73 Å². The molecule has 0 aliphatic carbocycles. The van der Waals surface area contributed by atoms with E-state index in [1.54, 1.807) is 0 Å². The maximum atomic E-state index is 5.61. The lowest BCUT2D eigenvalue weighted by Gasteiger charge is -2.05. The third-order valence-electron chi connectivity index (χ3n) is 2.44. The molecule has 0 saturated carbocycles. The summed E-state index contributed by atoms with van der Waals surface area (Å²) in [6.45, 7) is 3.09. The predicted octanol–water partition coefficient (Wildman–Crippen LogP) is 2.69. The number of ether oxygens (including phenoxy) is 1. The monoisotopic (exact) mass is 228 g/mol. The van der Waals surface area contributed by atoms with E-state index in [0.717, 1.165) is 22.6 Å². The number of rotatable bonds is 4. The number of nitrogens with zero attached hydrogens (tertiary/aromatic N) is 1. The first kappa shape index (κ1) is 11.6. The van der Waals surface area contributed by atoms with E-state index >= 15 is 0 Å². The maximum absolute atomic E-state index is 5.61. The zero-order valence-electron chi connectivity index (χ0n) is 9.89. The minimum absolute atomic E-state index is 0.534. The Morgan fingerprint density at radius 3 is 2.53 bits per heavy atom. The molecule has 1 aromatic carbocycles. The van der Waals surface area contributed by atoms with Crippen LogP contribution in [0.4, 0.5) is 5.69 Å². The summed E-state index contributed by atoms with van der Waals surface area (Å²) < 4.78 is 5.60. The lowest BCUT2D eigenvalue weighted by molar-refractivity contribution is 0.104. The number of benzene rings is 1. The Kier molecular flexibility index (Phi) is 3.73. The van der Waals surface area contributed by atoms with Gasteiger partial charge in [-0.15, -0.1) is 0 Å². The number of hydrogen-bond acceptors (Lipinski definition) is 3. The fourth-order valence-electron chi connectivity index (χ4n) is 1.57. The summed E-state index contributed by atoms with van der Waals surface area (Å²) in [6, 6.07) is 13.6. The van der Waals surface area contributed by atoms with Crippen molar-refractivity contribution in [2.24, 2.45) is 0 Å². The second-order valence-electron chi connectivity index (χ2n) is 4.00. The molecule has 0 amide bonds. The lowest BCUT2D eigenvalue weighted by atomic mass is 10.2. The van der Waals surface area contributed by atoms with Crippen LogP contribution in [0.1, 0.15) is 17.0 Å². The van der Waals surface area contributed by atoms with Gasteiger partial charge in [-0.3, -0.25) is 4.98 Å². The predicted molar refractivity (Wildman–Crippen MR) is 68.3 cm³/mol. The molecule has 0 aliphatic heterocycles. The molecule has 0 atom stereocenters. The van der Waals surface area contributed by atoms with Gasteiger partial charge in [0.1, 0.15) is 0 Å². The van der Waals surface area contributed by atoms with E-state index in [4.69, 9.17) is 10.5 Å². The van der Waals surface area contributed by atoms with Gasteiger partial charge in [0.2, 0.25) is 0 Å². The third-order valence-corrected chi connectivity index (χ3v) is 2.44. The van der Waals surface area contributed by atoms with E-state index in [-0.39, 0.29) is 0 Å². The number of pyridine rings is 1. The van der Waals surface area contributed by atoms with Crippen LogP contribution in [0, 0.1) is 6.92 Å². The van der Waals surface area contributed by atoms with Crippen molar-refractivity contribution in [1.29, 1.82) is 0 Å². The molecule has 0 fully saturated rings. The van der Waals surface area contributed by atoms with Gasteiger partial charge in [-0.1, -0.05) is 18.2 Å². The molecule has 1 heterocycles.